The van der Waals surface area contributed by atoms with E-state index in [-0.39, 0.29) is 11.7 Å². The van der Waals surface area contributed by atoms with E-state index >= 15 is 0 Å². The molecular weight excluding hydrogens is 311 g/mol. The van der Waals surface area contributed by atoms with E-state index in [1.165, 1.54) is 12.1 Å². The van der Waals surface area contributed by atoms with E-state index in [0.717, 1.165) is 0 Å². The van der Waals surface area contributed by atoms with Crippen LogP contribution in [0.5, 0.6) is 0 Å². The highest BCUT2D eigenvalue weighted by molar-refractivity contribution is 5.97. The predicted octanol–water partition coefficient (Wildman–Crippen LogP) is -0.341. The second-order valence-corrected chi connectivity index (χ2v) is 6.34. The van der Waals surface area contributed by atoms with Crippen LogP contribution in [0.25, 0.3) is 0 Å². The van der Waals surface area contributed by atoms with Gasteiger partial charge in [0.15, 0.2) is 10.8 Å². The predicted molar refractivity (Wildman–Crippen MR) is 79.3 cm³/mol. The van der Waals surface area contributed by atoms with Gasteiger partial charge in [-0.1, -0.05) is 19.1 Å². The van der Waals surface area contributed by atoms with Gasteiger partial charge >= 0.3 is 5.91 Å². The third-order valence-electron chi connectivity index (χ3n) is 5.87. The molecule has 3 atom stereocenters. The van der Waals surface area contributed by atoms with Crippen LogP contribution in [0.4, 0.5) is 4.39 Å². The van der Waals surface area contributed by atoms with Gasteiger partial charge in [0.25, 0.3) is 5.84 Å². The Labute approximate surface area is 138 Å². The van der Waals surface area contributed by atoms with Gasteiger partial charge < -0.3 is 9.47 Å². The molecule has 2 aliphatic heterocycles. The van der Waals surface area contributed by atoms with Crippen molar-refractivity contribution in [1.29, 1.82) is 10.5 Å². The molecular formula is C17H16FN4O2+. The zero-order chi connectivity index (χ0) is 17.2. The van der Waals surface area contributed by atoms with Crippen LogP contribution in [-0.2, 0) is 14.9 Å². The molecule has 3 aliphatic rings. The first-order valence-corrected chi connectivity index (χ1v) is 7.79. The molecule has 122 valence electrons. The van der Waals surface area contributed by atoms with Gasteiger partial charge in [-0.2, -0.15) is 10.5 Å². The topological polar surface area (TPSA) is 106 Å². The van der Waals surface area contributed by atoms with Gasteiger partial charge in [-0.05, 0) is 24.1 Å². The largest absolute Gasteiger partial charge is 0.343 e. The Morgan fingerprint density at radius 2 is 1.83 bits per heavy atom. The SMILES string of the molecule is CC[C@]1(c2ccc(F)cc2)[C@]2(C#N)C(N)=[NH+]C3(OCCO3)[C@@]21C#N. The number of hydrogen-bond acceptors (Lipinski definition) is 5. The molecule has 2 fully saturated rings. The minimum Gasteiger partial charge on any atom is -0.311 e. The molecule has 2 heterocycles. The molecule has 1 aromatic carbocycles. The molecule has 1 saturated carbocycles. The van der Waals surface area contributed by atoms with Crippen molar-refractivity contribution in [3.8, 4) is 12.1 Å². The van der Waals surface area contributed by atoms with Crippen molar-refractivity contribution >= 4 is 5.84 Å². The summed E-state index contributed by atoms with van der Waals surface area (Å²) in [4.78, 5) is 2.91. The van der Waals surface area contributed by atoms with Crippen molar-refractivity contribution in [2.75, 3.05) is 13.2 Å². The molecule has 4 rings (SSSR count). The second kappa shape index (κ2) is 4.32. The highest BCUT2D eigenvalue weighted by Crippen LogP contribution is 2.83. The Bertz CT molecular complexity index is 834. The van der Waals surface area contributed by atoms with Crippen molar-refractivity contribution in [2.45, 2.75) is 24.7 Å². The van der Waals surface area contributed by atoms with Crippen LogP contribution in [0.2, 0.25) is 0 Å². The molecule has 0 radical (unpaired) electrons. The molecule has 1 spiro atoms. The fourth-order valence-electron chi connectivity index (χ4n) is 5.05. The quantitative estimate of drug-likeness (QED) is 0.773. The van der Waals surface area contributed by atoms with Crippen LogP contribution in [0.15, 0.2) is 24.3 Å². The summed E-state index contributed by atoms with van der Waals surface area (Å²) in [6, 6.07) is 10.4. The van der Waals surface area contributed by atoms with Crippen LogP contribution in [0.1, 0.15) is 18.9 Å². The standard InChI is InChI=1S/C17H15FN4O2/c1-2-14(11-3-5-12(18)6-4-11)15(9-19)13(21)22-17(16(14,15)10-20)23-7-8-24-17/h3-6H,2,7-8H2,1H3,(H2,21,22)/p+1/t14-,15-,16+/m0/s1. The van der Waals surface area contributed by atoms with E-state index in [0.29, 0.717) is 25.2 Å². The minimum absolute atomic E-state index is 0.166. The molecule has 1 saturated heterocycles. The first-order chi connectivity index (χ1) is 11.5. The summed E-state index contributed by atoms with van der Waals surface area (Å²) in [7, 11) is 0. The van der Waals surface area contributed by atoms with Crippen molar-refractivity contribution < 1.29 is 18.9 Å². The molecule has 3 N–H and O–H groups in total. The number of rotatable bonds is 2. The monoisotopic (exact) mass is 327 g/mol. The van der Waals surface area contributed by atoms with Crippen molar-refractivity contribution in [3.05, 3.63) is 35.6 Å². The average Bonchev–Trinajstić information content (AvgIpc) is 2.81. The third kappa shape index (κ3) is 1.14. The van der Waals surface area contributed by atoms with E-state index in [2.05, 4.69) is 17.1 Å². The van der Waals surface area contributed by atoms with Gasteiger partial charge in [-0.25, -0.2) is 9.38 Å². The molecule has 1 aromatic rings. The summed E-state index contributed by atoms with van der Waals surface area (Å²) in [5.74, 6) is -1.67. The van der Waals surface area contributed by atoms with Crippen molar-refractivity contribution in [2.24, 2.45) is 16.6 Å². The number of halogens is 1. The zero-order valence-corrected chi connectivity index (χ0v) is 13.1. The van der Waals surface area contributed by atoms with Gasteiger partial charge in [-0.15, -0.1) is 0 Å². The molecule has 24 heavy (non-hydrogen) atoms. The Morgan fingerprint density at radius 1 is 1.21 bits per heavy atom. The summed E-state index contributed by atoms with van der Waals surface area (Å²) in [6.45, 7) is 2.48. The molecule has 0 aromatic heterocycles. The lowest BCUT2D eigenvalue weighted by atomic mass is 9.80. The number of nitrogens with two attached hydrogens (primary N) is 1. The smallest absolute Gasteiger partial charge is 0.311 e. The van der Waals surface area contributed by atoms with Crippen LogP contribution in [0, 0.1) is 39.3 Å². The van der Waals surface area contributed by atoms with E-state index < -0.39 is 22.2 Å². The van der Waals surface area contributed by atoms with Crippen molar-refractivity contribution in [3.63, 3.8) is 0 Å². The second-order valence-electron chi connectivity index (χ2n) is 6.34. The maximum atomic E-state index is 13.4. The first-order valence-electron chi connectivity index (χ1n) is 7.79. The van der Waals surface area contributed by atoms with E-state index in [4.69, 9.17) is 15.2 Å². The van der Waals surface area contributed by atoms with Gasteiger partial charge in [0.1, 0.15) is 5.82 Å². The lowest BCUT2D eigenvalue weighted by Gasteiger charge is -2.29. The Morgan fingerprint density at radius 3 is 2.33 bits per heavy atom. The van der Waals surface area contributed by atoms with Gasteiger partial charge in [0.2, 0.25) is 0 Å². The van der Waals surface area contributed by atoms with Crippen LogP contribution in [-0.4, -0.2) is 25.0 Å². The fourth-order valence-corrected chi connectivity index (χ4v) is 5.05. The molecule has 6 nitrogen and oxygen atoms in total. The maximum Gasteiger partial charge on any atom is 0.343 e. The number of nitrogens with zero attached hydrogens (tertiary/aromatic N) is 2. The highest BCUT2D eigenvalue weighted by atomic mass is 19.1. The van der Waals surface area contributed by atoms with E-state index in [1.807, 2.05) is 6.92 Å². The van der Waals surface area contributed by atoms with Crippen molar-refractivity contribution in [1.82, 2.24) is 0 Å². The summed E-state index contributed by atoms with van der Waals surface area (Å²) < 4.78 is 24.9. The molecule has 0 bridgehead atoms. The molecule has 7 heteroatoms. The Kier molecular flexibility index (Phi) is 2.72. The number of hydrogen-bond donors (Lipinski definition) is 2. The summed E-state index contributed by atoms with van der Waals surface area (Å²) >= 11 is 0. The Balaban J connectivity index is 2.03. The molecule has 0 amide bonds. The summed E-state index contributed by atoms with van der Waals surface area (Å²) in [5.41, 5.74) is 3.30. The van der Waals surface area contributed by atoms with E-state index in [1.54, 1.807) is 12.1 Å². The molecule has 1 aliphatic carbocycles. The average molecular weight is 327 g/mol. The van der Waals surface area contributed by atoms with Crippen LogP contribution < -0.4 is 10.7 Å². The van der Waals surface area contributed by atoms with E-state index in [9.17, 15) is 14.9 Å². The number of nitrogens with one attached hydrogen (secondary N) is 1. The van der Waals surface area contributed by atoms with Crippen LogP contribution >= 0.6 is 0 Å². The summed E-state index contributed by atoms with van der Waals surface area (Å²) in [5, 5.41) is 20.2. The minimum atomic E-state index is -1.45. The van der Waals surface area contributed by atoms with Gasteiger partial charge in [0, 0.05) is 0 Å². The number of amidine groups is 1. The Hall–Kier alpha value is -2.48. The lowest BCUT2D eigenvalue weighted by Crippen LogP contribution is -2.90. The molecule has 0 unspecified atom stereocenters. The van der Waals surface area contributed by atoms with Gasteiger partial charge in [0.05, 0.1) is 30.8 Å². The summed E-state index contributed by atoms with van der Waals surface area (Å²) in [6.07, 6.45) is 0.455. The van der Waals surface area contributed by atoms with Gasteiger partial charge in [-0.3, -0.25) is 5.73 Å². The highest BCUT2D eigenvalue weighted by Gasteiger charge is 3.04. The number of nitriles is 2. The fraction of sp³-hybridized carbons (Fsp3) is 0.471. The normalized spacial score (nSPS) is 38.2. The maximum absolute atomic E-state index is 13.4. The third-order valence-corrected chi connectivity index (χ3v) is 5.87. The van der Waals surface area contributed by atoms with Crippen LogP contribution in [0.3, 0.4) is 0 Å². The number of fused-ring (bicyclic) bond motifs is 2. The number of benzene rings is 1. The first kappa shape index (κ1) is 15.1. The zero-order valence-electron chi connectivity index (χ0n) is 13.1. The number of ether oxygens (including phenoxy) is 2. The lowest BCUT2D eigenvalue weighted by molar-refractivity contribution is -0.677.